The molecule has 0 aliphatic carbocycles. The molecule has 0 aromatic carbocycles. The predicted octanol–water partition coefficient (Wildman–Crippen LogP) is 1.53. The van der Waals surface area contributed by atoms with Gasteiger partial charge in [0, 0.05) is 6.20 Å². The Morgan fingerprint density at radius 2 is 2.58 bits per heavy atom. The van der Waals surface area contributed by atoms with Crippen molar-refractivity contribution in [1.82, 2.24) is 0 Å². The lowest BCUT2D eigenvalue weighted by Crippen LogP contribution is -2.05. The fraction of sp³-hybridized carbons (Fsp3) is 0.375. The SMILES string of the molecule is C1=CN=C(OCC2CO2)SC=C1. The van der Waals surface area contributed by atoms with Crippen LogP contribution in [0.4, 0.5) is 0 Å². The van der Waals surface area contributed by atoms with Gasteiger partial charge < -0.3 is 9.47 Å². The molecule has 0 spiro atoms. The van der Waals surface area contributed by atoms with Gasteiger partial charge >= 0.3 is 0 Å². The Hall–Kier alpha value is -0.740. The monoisotopic (exact) mass is 183 g/mol. The lowest BCUT2D eigenvalue weighted by molar-refractivity contribution is 0.259. The van der Waals surface area contributed by atoms with Gasteiger partial charge in [-0.05, 0) is 23.2 Å². The number of aliphatic imine (C=N–C) groups is 1. The molecule has 2 rings (SSSR count). The van der Waals surface area contributed by atoms with Gasteiger partial charge in [0.15, 0.2) is 0 Å². The Morgan fingerprint density at radius 3 is 3.42 bits per heavy atom. The van der Waals surface area contributed by atoms with Crippen molar-refractivity contribution >= 4 is 17.0 Å². The number of rotatable bonds is 2. The number of hydrogen-bond acceptors (Lipinski definition) is 4. The molecule has 1 saturated heterocycles. The molecule has 0 aromatic rings. The highest BCUT2D eigenvalue weighted by atomic mass is 32.2. The Morgan fingerprint density at radius 1 is 1.67 bits per heavy atom. The number of nitrogens with zero attached hydrogens (tertiary/aromatic N) is 1. The molecule has 2 aliphatic rings. The Balaban J connectivity index is 1.81. The van der Waals surface area contributed by atoms with Crippen LogP contribution in [0.2, 0.25) is 0 Å². The first-order valence-corrected chi connectivity index (χ1v) is 4.63. The average molecular weight is 183 g/mol. The molecule has 1 fully saturated rings. The third-order valence-electron chi connectivity index (χ3n) is 1.42. The summed E-state index contributed by atoms with van der Waals surface area (Å²) < 4.78 is 10.4. The second-order valence-electron chi connectivity index (χ2n) is 2.45. The molecule has 0 saturated carbocycles. The van der Waals surface area contributed by atoms with Gasteiger partial charge in [-0.2, -0.15) is 0 Å². The third kappa shape index (κ3) is 2.39. The number of ether oxygens (including phenoxy) is 2. The maximum absolute atomic E-state index is 5.37. The van der Waals surface area contributed by atoms with Crippen molar-refractivity contribution in [3.63, 3.8) is 0 Å². The lowest BCUT2D eigenvalue weighted by atomic mass is 10.5. The number of thioether (sulfide) groups is 1. The Labute approximate surface area is 75.1 Å². The second kappa shape index (κ2) is 3.78. The van der Waals surface area contributed by atoms with Crippen molar-refractivity contribution < 1.29 is 9.47 Å². The number of hydrogen-bond donors (Lipinski definition) is 0. The van der Waals surface area contributed by atoms with Crippen LogP contribution in [0.1, 0.15) is 0 Å². The van der Waals surface area contributed by atoms with Crippen LogP contribution < -0.4 is 0 Å². The van der Waals surface area contributed by atoms with E-state index in [4.69, 9.17) is 9.47 Å². The zero-order chi connectivity index (χ0) is 8.23. The maximum atomic E-state index is 5.37. The molecule has 0 N–H and O–H groups in total. The van der Waals surface area contributed by atoms with Gasteiger partial charge in [-0.15, -0.1) is 0 Å². The number of allylic oxidation sites excluding steroid dienone is 2. The summed E-state index contributed by atoms with van der Waals surface area (Å²) in [5, 5.41) is 2.63. The van der Waals surface area contributed by atoms with Crippen molar-refractivity contribution in [2.75, 3.05) is 13.2 Å². The molecular formula is C8H9NO2S. The van der Waals surface area contributed by atoms with E-state index in [0.717, 1.165) is 6.61 Å². The normalized spacial score (nSPS) is 26.3. The first kappa shape index (κ1) is 7.89. The molecule has 3 nitrogen and oxygen atoms in total. The van der Waals surface area contributed by atoms with E-state index in [2.05, 4.69) is 4.99 Å². The van der Waals surface area contributed by atoms with E-state index >= 15 is 0 Å². The van der Waals surface area contributed by atoms with Gasteiger partial charge in [0.1, 0.15) is 12.7 Å². The van der Waals surface area contributed by atoms with Gasteiger partial charge in [-0.3, -0.25) is 0 Å². The largest absolute Gasteiger partial charge is 0.470 e. The highest BCUT2D eigenvalue weighted by Gasteiger charge is 2.23. The molecule has 4 heteroatoms. The molecule has 1 unspecified atom stereocenters. The number of epoxide rings is 1. The molecular weight excluding hydrogens is 174 g/mol. The van der Waals surface area contributed by atoms with Crippen LogP contribution in [0.25, 0.3) is 0 Å². The smallest absolute Gasteiger partial charge is 0.254 e. The second-order valence-corrected chi connectivity index (χ2v) is 3.31. The minimum atomic E-state index is 0.296. The van der Waals surface area contributed by atoms with Crippen molar-refractivity contribution in [3.05, 3.63) is 23.8 Å². The summed E-state index contributed by atoms with van der Waals surface area (Å²) in [6.45, 7) is 1.44. The van der Waals surface area contributed by atoms with Crippen LogP contribution in [-0.2, 0) is 9.47 Å². The van der Waals surface area contributed by atoms with Crippen LogP contribution >= 0.6 is 11.8 Å². The minimum Gasteiger partial charge on any atom is -0.470 e. The summed E-state index contributed by atoms with van der Waals surface area (Å²) in [4.78, 5) is 4.08. The average Bonchev–Trinajstić information content (AvgIpc) is 2.90. The maximum Gasteiger partial charge on any atom is 0.254 e. The summed E-state index contributed by atoms with van der Waals surface area (Å²) in [5.74, 6) is 0. The van der Waals surface area contributed by atoms with E-state index in [-0.39, 0.29) is 0 Å². The fourth-order valence-corrected chi connectivity index (χ4v) is 1.27. The molecule has 1 atom stereocenters. The first-order valence-electron chi connectivity index (χ1n) is 3.76. The van der Waals surface area contributed by atoms with Crippen LogP contribution in [0, 0.1) is 0 Å². The Kier molecular flexibility index (Phi) is 2.48. The quantitative estimate of drug-likeness (QED) is 0.609. The minimum absolute atomic E-state index is 0.296. The summed E-state index contributed by atoms with van der Waals surface area (Å²) >= 11 is 1.48. The molecule has 64 valence electrons. The molecule has 0 amide bonds. The lowest BCUT2D eigenvalue weighted by Gasteiger charge is -2.02. The zero-order valence-corrected chi connectivity index (χ0v) is 7.29. The summed E-state index contributed by atoms with van der Waals surface area (Å²) in [6.07, 6.45) is 5.82. The van der Waals surface area contributed by atoms with E-state index < -0.39 is 0 Å². The summed E-state index contributed by atoms with van der Waals surface area (Å²) in [5.41, 5.74) is 0. The molecule has 0 aromatic heterocycles. The Bertz CT molecular complexity index is 243. The molecule has 2 aliphatic heterocycles. The fourth-order valence-electron chi connectivity index (χ4n) is 0.727. The third-order valence-corrected chi connectivity index (χ3v) is 2.14. The van der Waals surface area contributed by atoms with Crippen LogP contribution in [0.5, 0.6) is 0 Å². The van der Waals surface area contributed by atoms with E-state index in [0.29, 0.717) is 17.9 Å². The van der Waals surface area contributed by atoms with Crippen molar-refractivity contribution in [1.29, 1.82) is 0 Å². The zero-order valence-electron chi connectivity index (χ0n) is 6.47. The van der Waals surface area contributed by atoms with Crippen LogP contribution in [0.15, 0.2) is 28.8 Å². The van der Waals surface area contributed by atoms with Gasteiger partial charge in [-0.25, -0.2) is 4.99 Å². The standard InChI is InChI=1S/C8H9NO2S/c1-2-4-12-8(9-3-1)11-6-7-5-10-7/h1-4,7H,5-6H2. The van der Waals surface area contributed by atoms with Crippen LogP contribution in [-0.4, -0.2) is 24.5 Å². The molecule has 0 radical (unpaired) electrons. The van der Waals surface area contributed by atoms with Crippen molar-refractivity contribution in [2.24, 2.45) is 4.99 Å². The summed E-state index contributed by atoms with van der Waals surface area (Å²) in [7, 11) is 0. The summed E-state index contributed by atoms with van der Waals surface area (Å²) in [6, 6.07) is 0. The van der Waals surface area contributed by atoms with Gasteiger partial charge in [-0.1, -0.05) is 6.08 Å². The van der Waals surface area contributed by atoms with Gasteiger partial charge in [0.2, 0.25) is 0 Å². The topological polar surface area (TPSA) is 34.1 Å². The van der Waals surface area contributed by atoms with E-state index in [9.17, 15) is 0 Å². The molecule has 0 bridgehead atoms. The predicted molar refractivity (Wildman–Crippen MR) is 49.0 cm³/mol. The van der Waals surface area contributed by atoms with E-state index in [1.807, 2.05) is 17.6 Å². The van der Waals surface area contributed by atoms with Crippen molar-refractivity contribution in [2.45, 2.75) is 6.10 Å². The van der Waals surface area contributed by atoms with E-state index in [1.54, 1.807) is 6.20 Å². The van der Waals surface area contributed by atoms with Crippen molar-refractivity contribution in [3.8, 4) is 0 Å². The highest BCUT2D eigenvalue weighted by molar-refractivity contribution is 8.16. The van der Waals surface area contributed by atoms with E-state index in [1.165, 1.54) is 11.8 Å². The highest BCUT2D eigenvalue weighted by Crippen LogP contribution is 2.14. The molecule has 12 heavy (non-hydrogen) atoms. The molecule has 2 heterocycles. The van der Waals surface area contributed by atoms with Crippen LogP contribution in [0.3, 0.4) is 0 Å². The first-order chi connectivity index (χ1) is 5.95. The van der Waals surface area contributed by atoms with Gasteiger partial charge in [0.05, 0.1) is 6.61 Å². The van der Waals surface area contributed by atoms with Gasteiger partial charge in [0.25, 0.3) is 5.23 Å².